The Morgan fingerprint density at radius 2 is 2.35 bits per heavy atom. The van der Waals surface area contributed by atoms with E-state index in [4.69, 9.17) is 18.0 Å². The van der Waals surface area contributed by atoms with Crippen LogP contribution in [0.4, 0.5) is 0 Å². The van der Waals surface area contributed by atoms with Gasteiger partial charge in [0, 0.05) is 4.90 Å². The van der Waals surface area contributed by atoms with Crippen LogP contribution in [0.1, 0.15) is 26.1 Å². The van der Waals surface area contributed by atoms with E-state index in [1.165, 1.54) is 4.90 Å². The molecule has 0 radical (unpaired) electrons. The van der Waals surface area contributed by atoms with Crippen molar-refractivity contribution in [3.05, 3.63) is 24.0 Å². The molecule has 2 aromatic rings. The molecule has 0 spiro atoms. The van der Waals surface area contributed by atoms with Crippen LogP contribution >= 0.6 is 24.0 Å². The summed E-state index contributed by atoms with van der Waals surface area (Å²) in [6.45, 7) is 4.02. The predicted molar refractivity (Wildman–Crippen MR) is 89.2 cm³/mol. The first-order valence-corrected chi connectivity index (χ1v) is 7.72. The third-order valence-electron chi connectivity index (χ3n) is 2.60. The number of fused-ring (bicyclic) bond motifs is 1. The summed E-state index contributed by atoms with van der Waals surface area (Å²) in [5.41, 5.74) is 10.5. The third kappa shape index (κ3) is 3.71. The number of hydrogen-bond donors (Lipinski definition) is 3. The summed E-state index contributed by atoms with van der Waals surface area (Å²) >= 11 is 6.55. The fourth-order valence-electron chi connectivity index (χ4n) is 1.66. The molecule has 1 heterocycles. The van der Waals surface area contributed by atoms with E-state index in [1.807, 2.05) is 24.8 Å². The zero-order valence-corrected chi connectivity index (χ0v) is 13.1. The lowest BCUT2D eigenvalue weighted by Gasteiger charge is -1.98. The van der Waals surface area contributed by atoms with Crippen molar-refractivity contribution in [2.75, 3.05) is 5.75 Å². The molecule has 0 atom stereocenters. The Hall–Kier alpha value is -1.60. The number of thiocarbonyl (C=S) groups is 1. The van der Waals surface area contributed by atoms with E-state index in [0.717, 1.165) is 23.2 Å². The molecule has 7 heteroatoms. The summed E-state index contributed by atoms with van der Waals surface area (Å²) < 4.78 is 0. The molecule has 2 rings (SSSR count). The molecule has 0 amide bonds. The van der Waals surface area contributed by atoms with Crippen molar-refractivity contribution >= 4 is 45.8 Å². The maximum atomic E-state index is 5.34. The fourth-order valence-corrected chi connectivity index (χ4v) is 2.50. The number of nitrogens with one attached hydrogen (secondary N) is 2. The summed E-state index contributed by atoms with van der Waals surface area (Å²) in [4.78, 5) is 8.99. The van der Waals surface area contributed by atoms with E-state index in [9.17, 15) is 0 Å². The van der Waals surface area contributed by atoms with Gasteiger partial charge in [0.1, 0.15) is 5.71 Å². The lowest BCUT2D eigenvalue weighted by atomic mass is 10.3. The fraction of sp³-hybridized carbons (Fsp3) is 0.308. The molecule has 0 unspecified atom stereocenters. The van der Waals surface area contributed by atoms with Gasteiger partial charge in [-0.05, 0) is 49.5 Å². The number of aromatic amines is 1. The second-order valence-corrected chi connectivity index (χ2v) is 5.89. The second-order valence-electron chi connectivity index (χ2n) is 4.29. The van der Waals surface area contributed by atoms with E-state index in [0.29, 0.717) is 11.5 Å². The van der Waals surface area contributed by atoms with Crippen molar-refractivity contribution in [3.63, 3.8) is 0 Å². The summed E-state index contributed by atoms with van der Waals surface area (Å²) in [6.07, 6.45) is 1.16. The highest BCUT2D eigenvalue weighted by Gasteiger charge is 2.06. The first-order chi connectivity index (χ1) is 9.60. The molecule has 0 fully saturated rings. The molecule has 0 bridgehead atoms. The largest absolute Gasteiger partial charge is 0.375 e. The van der Waals surface area contributed by atoms with Gasteiger partial charge in [0.2, 0.25) is 0 Å². The molecule has 4 N–H and O–H groups in total. The molecule has 20 heavy (non-hydrogen) atoms. The predicted octanol–water partition coefficient (Wildman–Crippen LogP) is 2.62. The highest BCUT2D eigenvalue weighted by atomic mass is 32.2. The Morgan fingerprint density at radius 1 is 1.55 bits per heavy atom. The smallest absolute Gasteiger partial charge is 0.184 e. The number of thioether (sulfide) groups is 1. The van der Waals surface area contributed by atoms with Crippen molar-refractivity contribution < 1.29 is 0 Å². The first kappa shape index (κ1) is 14.8. The Kier molecular flexibility index (Phi) is 4.97. The molecular formula is C13H17N5S2. The van der Waals surface area contributed by atoms with Crippen molar-refractivity contribution in [2.45, 2.75) is 25.2 Å². The Bertz CT molecular complexity index is 647. The van der Waals surface area contributed by atoms with Gasteiger partial charge < -0.3 is 10.7 Å². The minimum atomic E-state index is 0.138. The van der Waals surface area contributed by atoms with Crippen LogP contribution < -0.4 is 11.2 Å². The highest BCUT2D eigenvalue weighted by Crippen LogP contribution is 2.23. The van der Waals surface area contributed by atoms with E-state index >= 15 is 0 Å². The number of benzene rings is 1. The standard InChI is InChI=1S/C13H17N5S2/c1-3-6-20-9-4-5-10-11(7-9)16-12(15-10)8(2)17-18-13(14)19/h4-5,7H,3,6H2,1-2H3,(H,15,16)(H3,14,18,19). The zero-order chi connectivity index (χ0) is 14.5. The monoisotopic (exact) mass is 307 g/mol. The third-order valence-corrected chi connectivity index (χ3v) is 3.89. The van der Waals surface area contributed by atoms with Gasteiger partial charge in [-0.3, -0.25) is 5.43 Å². The van der Waals surface area contributed by atoms with Crippen molar-refractivity contribution in [3.8, 4) is 0 Å². The van der Waals surface area contributed by atoms with E-state index < -0.39 is 0 Å². The number of H-pyrrole nitrogens is 1. The van der Waals surface area contributed by atoms with Crippen LogP contribution in [0.3, 0.4) is 0 Å². The normalized spacial score (nSPS) is 11.8. The number of rotatable bonds is 5. The average molecular weight is 307 g/mol. The number of hydrazone groups is 1. The molecule has 1 aromatic carbocycles. The van der Waals surface area contributed by atoms with Gasteiger partial charge >= 0.3 is 0 Å². The highest BCUT2D eigenvalue weighted by molar-refractivity contribution is 7.99. The zero-order valence-electron chi connectivity index (χ0n) is 11.4. The SMILES string of the molecule is CCCSc1ccc2[nH]c(C(C)=NNC(N)=S)nc2c1. The quantitative estimate of drug-likeness (QED) is 0.342. The van der Waals surface area contributed by atoms with Gasteiger partial charge in [0.15, 0.2) is 10.9 Å². The molecule has 106 valence electrons. The molecule has 0 aliphatic heterocycles. The lowest BCUT2D eigenvalue weighted by Crippen LogP contribution is -2.25. The van der Waals surface area contributed by atoms with Gasteiger partial charge in [-0.1, -0.05) is 6.92 Å². The van der Waals surface area contributed by atoms with Crippen LogP contribution in [0.5, 0.6) is 0 Å². The first-order valence-electron chi connectivity index (χ1n) is 6.33. The van der Waals surface area contributed by atoms with Crippen LogP contribution in [0.2, 0.25) is 0 Å². The van der Waals surface area contributed by atoms with Crippen LogP contribution in [-0.4, -0.2) is 26.5 Å². The molecule has 5 nitrogen and oxygen atoms in total. The van der Waals surface area contributed by atoms with Crippen molar-refractivity contribution in [1.29, 1.82) is 0 Å². The summed E-state index contributed by atoms with van der Waals surface area (Å²) in [5, 5.41) is 4.20. The number of aromatic nitrogens is 2. The second kappa shape index (κ2) is 6.71. The van der Waals surface area contributed by atoms with Crippen molar-refractivity contribution in [2.24, 2.45) is 10.8 Å². The maximum Gasteiger partial charge on any atom is 0.184 e. The Balaban J connectivity index is 2.24. The molecule has 0 aliphatic carbocycles. The topological polar surface area (TPSA) is 79.1 Å². The molecule has 1 aromatic heterocycles. The molecule has 0 saturated carbocycles. The van der Waals surface area contributed by atoms with Crippen LogP contribution in [0, 0.1) is 0 Å². The van der Waals surface area contributed by atoms with E-state index in [2.05, 4.69) is 39.6 Å². The van der Waals surface area contributed by atoms with Gasteiger partial charge in [0.25, 0.3) is 0 Å². The molecular weight excluding hydrogens is 290 g/mol. The minimum Gasteiger partial charge on any atom is -0.375 e. The summed E-state index contributed by atoms with van der Waals surface area (Å²) in [5.74, 6) is 1.82. The average Bonchev–Trinajstić information content (AvgIpc) is 2.85. The van der Waals surface area contributed by atoms with Crippen LogP contribution in [-0.2, 0) is 0 Å². The number of nitrogens with two attached hydrogens (primary N) is 1. The van der Waals surface area contributed by atoms with Gasteiger partial charge in [-0.25, -0.2) is 4.98 Å². The minimum absolute atomic E-state index is 0.138. The van der Waals surface area contributed by atoms with Gasteiger partial charge in [-0.15, -0.1) is 11.8 Å². The van der Waals surface area contributed by atoms with E-state index in [1.54, 1.807) is 0 Å². The molecule has 0 saturated heterocycles. The Morgan fingerprint density at radius 3 is 3.05 bits per heavy atom. The maximum absolute atomic E-state index is 5.34. The molecule has 0 aliphatic rings. The van der Waals surface area contributed by atoms with Gasteiger partial charge in [-0.2, -0.15) is 5.10 Å². The Labute approximate surface area is 127 Å². The van der Waals surface area contributed by atoms with Crippen LogP contribution in [0.15, 0.2) is 28.2 Å². The van der Waals surface area contributed by atoms with Gasteiger partial charge in [0.05, 0.1) is 11.0 Å². The van der Waals surface area contributed by atoms with Crippen molar-refractivity contribution in [1.82, 2.24) is 15.4 Å². The van der Waals surface area contributed by atoms with Crippen LogP contribution in [0.25, 0.3) is 11.0 Å². The number of hydrogen-bond acceptors (Lipinski definition) is 4. The number of nitrogens with zero attached hydrogens (tertiary/aromatic N) is 2. The summed E-state index contributed by atoms with van der Waals surface area (Å²) in [6, 6.07) is 6.23. The van der Waals surface area contributed by atoms with E-state index in [-0.39, 0.29) is 5.11 Å². The lowest BCUT2D eigenvalue weighted by molar-refractivity contribution is 1.02. The summed E-state index contributed by atoms with van der Waals surface area (Å²) in [7, 11) is 0. The number of imidazole rings is 1.